The number of benzene rings is 1. The normalized spacial score (nSPS) is 22.8. The molecular weight excluding hydrogens is 314 g/mol. The van der Waals surface area contributed by atoms with Gasteiger partial charge in [0.1, 0.15) is 0 Å². The maximum absolute atomic E-state index is 12.4. The third-order valence-electron chi connectivity index (χ3n) is 5.53. The van der Waals surface area contributed by atoms with Crippen molar-refractivity contribution in [3.8, 4) is 0 Å². The Bertz CT molecular complexity index is 650. The molecule has 1 aliphatic carbocycles. The SMILES string of the molecule is CC(=O)N1CCN(C(=O)CCN[C@H]2c3cc(C)ccc3C[C@H]2C)CC1. The van der Waals surface area contributed by atoms with Gasteiger partial charge in [0.05, 0.1) is 0 Å². The lowest BCUT2D eigenvalue weighted by Crippen LogP contribution is -2.50. The van der Waals surface area contributed by atoms with Crippen molar-refractivity contribution in [1.82, 2.24) is 15.1 Å². The van der Waals surface area contributed by atoms with Crippen molar-refractivity contribution in [2.24, 2.45) is 5.92 Å². The van der Waals surface area contributed by atoms with E-state index in [-0.39, 0.29) is 11.8 Å². The molecule has 1 aromatic rings. The Morgan fingerprint density at radius 3 is 2.52 bits per heavy atom. The molecule has 1 aliphatic heterocycles. The third kappa shape index (κ3) is 4.03. The lowest BCUT2D eigenvalue weighted by Gasteiger charge is -2.34. The molecule has 1 N–H and O–H groups in total. The van der Waals surface area contributed by atoms with Gasteiger partial charge in [0.2, 0.25) is 11.8 Å². The van der Waals surface area contributed by atoms with Gasteiger partial charge in [-0.3, -0.25) is 9.59 Å². The Labute approximate surface area is 150 Å². The van der Waals surface area contributed by atoms with Crippen molar-refractivity contribution in [1.29, 1.82) is 0 Å². The van der Waals surface area contributed by atoms with Crippen LogP contribution in [0, 0.1) is 12.8 Å². The van der Waals surface area contributed by atoms with Crippen molar-refractivity contribution >= 4 is 11.8 Å². The number of piperazine rings is 1. The molecule has 0 saturated carbocycles. The third-order valence-corrected chi connectivity index (χ3v) is 5.53. The number of carbonyl (C=O) groups excluding carboxylic acids is 2. The summed E-state index contributed by atoms with van der Waals surface area (Å²) in [5.74, 6) is 0.842. The van der Waals surface area contributed by atoms with E-state index < -0.39 is 0 Å². The molecule has 2 aliphatic rings. The molecule has 3 rings (SSSR count). The van der Waals surface area contributed by atoms with Crippen molar-refractivity contribution in [2.75, 3.05) is 32.7 Å². The van der Waals surface area contributed by atoms with E-state index in [9.17, 15) is 9.59 Å². The van der Waals surface area contributed by atoms with Crippen LogP contribution in [-0.4, -0.2) is 54.3 Å². The molecule has 1 heterocycles. The molecule has 2 amide bonds. The Morgan fingerprint density at radius 2 is 1.84 bits per heavy atom. The molecule has 0 spiro atoms. The fourth-order valence-corrected chi connectivity index (χ4v) is 4.04. The first kappa shape index (κ1) is 17.9. The van der Waals surface area contributed by atoms with E-state index in [1.54, 1.807) is 6.92 Å². The van der Waals surface area contributed by atoms with Crippen molar-refractivity contribution in [3.63, 3.8) is 0 Å². The second kappa shape index (κ2) is 7.56. The van der Waals surface area contributed by atoms with Crippen molar-refractivity contribution in [2.45, 2.75) is 39.7 Å². The topological polar surface area (TPSA) is 52.7 Å². The number of hydrogen-bond donors (Lipinski definition) is 1. The number of hydrogen-bond acceptors (Lipinski definition) is 3. The average molecular weight is 343 g/mol. The molecule has 0 aromatic heterocycles. The number of carbonyl (C=O) groups is 2. The molecule has 0 bridgehead atoms. The van der Waals surface area contributed by atoms with Gasteiger partial charge >= 0.3 is 0 Å². The van der Waals surface area contributed by atoms with Gasteiger partial charge in [0.25, 0.3) is 0 Å². The summed E-state index contributed by atoms with van der Waals surface area (Å²) in [6, 6.07) is 7.04. The summed E-state index contributed by atoms with van der Waals surface area (Å²) >= 11 is 0. The minimum Gasteiger partial charge on any atom is -0.339 e. The van der Waals surface area contributed by atoms with E-state index in [0.29, 0.717) is 51.1 Å². The summed E-state index contributed by atoms with van der Waals surface area (Å²) in [6.45, 7) is 9.31. The predicted octanol–water partition coefficient (Wildman–Crippen LogP) is 1.90. The Kier molecular flexibility index (Phi) is 5.42. The first-order valence-electron chi connectivity index (χ1n) is 9.32. The Balaban J connectivity index is 1.48. The zero-order valence-corrected chi connectivity index (χ0v) is 15.5. The average Bonchev–Trinajstić information content (AvgIpc) is 2.90. The molecule has 2 atom stereocenters. The van der Waals surface area contributed by atoms with Gasteiger partial charge < -0.3 is 15.1 Å². The van der Waals surface area contributed by atoms with E-state index in [0.717, 1.165) is 6.42 Å². The van der Waals surface area contributed by atoms with Crippen LogP contribution in [0.1, 0.15) is 43.0 Å². The van der Waals surface area contributed by atoms with Gasteiger partial charge in [-0.15, -0.1) is 0 Å². The Morgan fingerprint density at radius 1 is 1.16 bits per heavy atom. The molecule has 136 valence electrons. The molecule has 1 aromatic carbocycles. The number of amides is 2. The standard InChI is InChI=1S/C20H29N3O2/c1-14-4-5-17-13-15(2)20(18(17)12-14)21-7-6-19(25)23-10-8-22(9-11-23)16(3)24/h4-5,12,15,20-21H,6-11,13H2,1-3H3/t15-,20-/m1/s1. The fraction of sp³-hybridized carbons (Fsp3) is 0.600. The number of aryl methyl sites for hydroxylation is 1. The second-order valence-electron chi connectivity index (χ2n) is 7.45. The van der Waals surface area contributed by atoms with E-state index in [2.05, 4.69) is 37.4 Å². The quantitative estimate of drug-likeness (QED) is 0.908. The summed E-state index contributed by atoms with van der Waals surface area (Å²) in [4.78, 5) is 27.5. The number of nitrogens with one attached hydrogen (secondary N) is 1. The molecule has 5 heteroatoms. The van der Waals surface area contributed by atoms with Crippen LogP contribution in [0.25, 0.3) is 0 Å². The molecular formula is C20H29N3O2. The number of nitrogens with zero attached hydrogens (tertiary/aromatic N) is 2. The molecule has 0 unspecified atom stereocenters. The molecule has 1 fully saturated rings. The molecule has 5 nitrogen and oxygen atoms in total. The first-order chi connectivity index (χ1) is 12.0. The zero-order chi connectivity index (χ0) is 18.0. The lowest BCUT2D eigenvalue weighted by molar-refractivity contribution is -0.138. The fourth-order valence-electron chi connectivity index (χ4n) is 4.04. The van der Waals surface area contributed by atoms with Crippen LogP contribution in [0.3, 0.4) is 0 Å². The van der Waals surface area contributed by atoms with Gasteiger partial charge in [0.15, 0.2) is 0 Å². The van der Waals surface area contributed by atoms with Crippen LogP contribution in [0.4, 0.5) is 0 Å². The summed E-state index contributed by atoms with van der Waals surface area (Å²) in [6.07, 6.45) is 1.62. The monoisotopic (exact) mass is 343 g/mol. The maximum Gasteiger partial charge on any atom is 0.223 e. The largest absolute Gasteiger partial charge is 0.339 e. The van der Waals surface area contributed by atoms with Gasteiger partial charge in [-0.1, -0.05) is 30.7 Å². The Hall–Kier alpha value is -1.88. The highest BCUT2D eigenvalue weighted by Gasteiger charge is 2.29. The van der Waals surface area contributed by atoms with E-state index >= 15 is 0 Å². The van der Waals surface area contributed by atoms with Crippen LogP contribution in [-0.2, 0) is 16.0 Å². The van der Waals surface area contributed by atoms with Gasteiger partial charge in [-0.05, 0) is 30.4 Å². The van der Waals surface area contributed by atoms with Crippen LogP contribution in [0.15, 0.2) is 18.2 Å². The summed E-state index contributed by atoms with van der Waals surface area (Å²) in [7, 11) is 0. The smallest absolute Gasteiger partial charge is 0.223 e. The van der Waals surface area contributed by atoms with Crippen molar-refractivity contribution < 1.29 is 9.59 Å². The summed E-state index contributed by atoms with van der Waals surface area (Å²) in [5.41, 5.74) is 4.12. The van der Waals surface area contributed by atoms with Crippen LogP contribution >= 0.6 is 0 Å². The first-order valence-corrected chi connectivity index (χ1v) is 9.32. The lowest BCUT2D eigenvalue weighted by atomic mass is 10.0. The molecule has 25 heavy (non-hydrogen) atoms. The highest BCUT2D eigenvalue weighted by molar-refractivity contribution is 5.77. The highest BCUT2D eigenvalue weighted by Crippen LogP contribution is 2.36. The van der Waals surface area contributed by atoms with E-state index in [1.165, 1.54) is 16.7 Å². The van der Waals surface area contributed by atoms with Gasteiger partial charge in [-0.2, -0.15) is 0 Å². The van der Waals surface area contributed by atoms with Gasteiger partial charge in [0, 0.05) is 52.1 Å². The van der Waals surface area contributed by atoms with Crippen LogP contribution in [0.2, 0.25) is 0 Å². The van der Waals surface area contributed by atoms with Crippen LogP contribution in [0.5, 0.6) is 0 Å². The minimum atomic E-state index is 0.0953. The van der Waals surface area contributed by atoms with Gasteiger partial charge in [-0.25, -0.2) is 0 Å². The highest BCUT2D eigenvalue weighted by atomic mass is 16.2. The zero-order valence-electron chi connectivity index (χ0n) is 15.5. The van der Waals surface area contributed by atoms with E-state index in [1.807, 2.05) is 9.80 Å². The number of rotatable bonds is 4. The maximum atomic E-state index is 12.4. The second-order valence-corrected chi connectivity index (χ2v) is 7.45. The van der Waals surface area contributed by atoms with E-state index in [4.69, 9.17) is 0 Å². The summed E-state index contributed by atoms with van der Waals surface area (Å²) < 4.78 is 0. The number of fused-ring (bicyclic) bond motifs is 1. The van der Waals surface area contributed by atoms with Crippen molar-refractivity contribution in [3.05, 3.63) is 34.9 Å². The minimum absolute atomic E-state index is 0.0953. The summed E-state index contributed by atoms with van der Waals surface area (Å²) in [5, 5.41) is 3.60. The van der Waals surface area contributed by atoms with Crippen LogP contribution < -0.4 is 5.32 Å². The molecule has 1 saturated heterocycles. The molecule has 0 radical (unpaired) electrons. The predicted molar refractivity (Wildman–Crippen MR) is 98.2 cm³/mol.